The average molecular weight is 738 g/mol. The molecule has 0 aliphatic rings. The van der Waals surface area contributed by atoms with Crippen molar-refractivity contribution in [2.45, 2.75) is 81.1 Å². The van der Waals surface area contributed by atoms with Crippen LogP contribution in [-0.2, 0) is 7.05 Å². The molecule has 0 amide bonds. The van der Waals surface area contributed by atoms with Crippen LogP contribution in [-0.4, -0.2) is 49.1 Å². The number of Topliss-reactive ketones (excluding diaryl/α,β-unsaturated/α-hetero) is 2. The summed E-state index contributed by atoms with van der Waals surface area (Å²) in [5.41, 5.74) is 8.20. The van der Waals surface area contributed by atoms with Crippen molar-refractivity contribution >= 4 is 45.3 Å². The molecule has 0 aliphatic carbocycles. The number of hydrogen-bond acceptors (Lipinski definition) is 5. The maximum Gasteiger partial charge on any atom is 0.176 e. The lowest BCUT2D eigenvalue weighted by Gasteiger charge is -2.25. The third kappa shape index (κ3) is 12.5. The highest BCUT2D eigenvalue weighted by Crippen LogP contribution is 2.29. The van der Waals surface area contributed by atoms with Crippen molar-refractivity contribution in [2.75, 3.05) is 32.1 Å². The number of carbonyl (C=O) groups is 2. The second-order valence-corrected chi connectivity index (χ2v) is 13.0. The molecule has 6 nitrogen and oxygen atoms in total. The Labute approximate surface area is 323 Å². The van der Waals surface area contributed by atoms with Gasteiger partial charge in [-0.25, -0.2) is 0 Å². The molecule has 0 atom stereocenters. The SMILES string of the molecule is CC.CC(=O)c1ccc(-c2ccc3c(C(C)=O)n(C)cc3c2)cc1.CCCC(=NC)c1c(C)cccc1Cl.CCCN(CCC)c1ccccc1OC. The molecule has 5 rings (SSSR count). The van der Waals surface area contributed by atoms with Crippen molar-refractivity contribution in [3.63, 3.8) is 0 Å². The molecule has 1 aromatic heterocycles. The first kappa shape index (κ1) is 44.5. The van der Waals surface area contributed by atoms with Gasteiger partial charge in [-0.15, -0.1) is 0 Å². The van der Waals surface area contributed by atoms with Gasteiger partial charge >= 0.3 is 0 Å². The first-order valence-electron chi connectivity index (χ1n) is 18.8. The van der Waals surface area contributed by atoms with E-state index in [1.807, 2.05) is 99.4 Å². The van der Waals surface area contributed by atoms with Crippen LogP contribution in [0.1, 0.15) is 106 Å². The Hall–Kier alpha value is -4.68. The number of aryl methyl sites for hydroxylation is 2. The molecular formula is C46H60ClN3O3. The summed E-state index contributed by atoms with van der Waals surface area (Å²) in [6.45, 7) is 18.0. The summed E-state index contributed by atoms with van der Waals surface area (Å²) in [6.07, 6.45) is 6.38. The van der Waals surface area contributed by atoms with Crippen molar-refractivity contribution < 1.29 is 14.3 Å². The summed E-state index contributed by atoms with van der Waals surface area (Å²) >= 11 is 6.16. The van der Waals surface area contributed by atoms with Crippen molar-refractivity contribution in [3.8, 4) is 16.9 Å². The lowest BCUT2D eigenvalue weighted by molar-refractivity contribution is 0.100. The van der Waals surface area contributed by atoms with Crippen LogP contribution in [0.25, 0.3) is 21.9 Å². The van der Waals surface area contributed by atoms with Gasteiger partial charge in [0.15, 0.2) is 11.6 Å². The molecule has 0 spiro atoms. The smallest absolute Gasteiger partial charge is 0.176 e. The van der Waals surface area contributed by atoms with E-state index in [4.69, 9.17) is 16.3 Å². The number of aliphatic imine (C=N–C) groups is 1. The van der Waals surface area contributed by atoms with Crippen LogP contribution < -0.4 is 9.64 Å². The number of anilines is 1. The van der Waals surface area contributed by atoms with Crippen molar-refractivity contribution in [3.05, 3.63) is 119 Å². The first-order chi connectivity index (χ1) is 25.5. The van der Waals surface area contributed by atoms with Gasteiger partial charge in [0.1, 0.15) is 5.75 Å². The molecule has 0 unspecified atom stereocenters. The van der Waals surface area contributed by atoms with Crippen LogP contribution in [0.5, 0.6) is 5.75 Å². The van der Waals surface area contributed by atoms with Gasteiger partial charge in [0.05, 0.1) is 18.5 Å². The standard InChI is InChI=1S/C19H17NO2.C13H21NO.C12H16ClN.C2H6/c1-12(21)14-4-6-15(7-5-14)16-8-9-18-17(10-16)11-20(3)19(18)13(2)22;1-4-10-14(11-5-2)12-8-6-7-9-13(12)15-3;1-4-6-11(14-3)12-9(2)7-5-8-10(12)13;1-2/h4-11H,1-3H3;6-9H,4-5,10-11H2,1-3H3;5,7-8H,4,6H2,1-3H3;1-2H3. The fourth-order valence-corrected chi connectivity index (χ4v) is 6.56. The normalized spacial score (nSPS) is 10.6. The lowest BCUT2D eigenvalue weighted by atomic mass is 10.0. The van der Waals surface area contributed by atoms with Crippen molar-refractivity contribution in [2.24, 2.45) is 12.0 Å². The van der Waals surface area contributed by atoms with Gasteiger partial charge in [0.2, 0.25) is 0 Å². The molecule has 0 aliphatic heterocycles. The van der Waals surface area contributed by atoms with Crippen LogP contribution in [0.4, 0.5) is 5.69 Å². The number of rotatable bonds is 12. The predicted octanol–water partition coefficient (Wildman–Crippen LogP) is 12.5. The van der Waals surface area contributed by atoms with Gasteiger partial charge in [0.25, 0.3) is 0 Å². The summed E-state index contributed by atoms with van der Waals surface area (Å²) in [7, 11) is 5.45. The number of fused-ring (bicyclic) bond motifs is 1. The van der Waals surface area contributed by atoms with E-state index in [0.717, 1.165) is 88.4 Å². The van der Waals surface area contributed by atoms with E-state index in [1.165, 1.54) is 11.3 Å². The second-order valence-electron chi connectivity index (χ2n) is 12.6. The Bertz CT molecular complexity index is 1900. The van der Waals surface area contributed by atoms with Gasteiger partial charge in [-0.2, -0.15) is 0 Å². The number of carbonyl (C=O) groups excluding carboxylic acids is 2. The Kier molecular flexibility index (Phi) is 19.4. The molecule has 0 bridgehead atoms. The fourth-order valence-electron chi connectivity index (χ4n) is 6.23. The predicted molar refractivity (Wildman–Crippen MR) is 229 cm³/mol. The van der Waals surface area contributed by atoms with E-state index in [9.17, 15) is 9.59 Å². The third-order valence-corrected chi connectivity index (χ3v) is 8.95. The zero-order valence-corrected chi connectivity index (χ0v) is 34.6. The molecule has 0 radical (unpaired) electrons. The zero-order chi connectivity index (χ0) is 39.5. The van der Waals surface area contributed by atoms with Gasteiger partial charge in [-0.3, -0.25) is 14.6 Å². The number of aromatic nitrogens is 1. The van der Waals surface area contributed by atoms with Crippen LogP contribution in [0, 0.1) is 6.92 Å². The molecule has 53 heavy (non-hydrogen) atoms. The van der Waals surface area contributed by atoms with Crippen LogP contribution in [0.2, 0.25) is 5.02 Å². The van der Waals surface area contributed by atoms with Gasteiger partial charge in [0, 0.05) is 72.9 Å². The number of nitrogens with zero attached hydrogens (tertiary/aromatic N) is 3. The molecule has 7 heteroatoms. The van der Waals surface area contributed by atoms with E-state index in [-0.39, 0.29) is 11.6 Å². The van der Waals surface area contributed by atoms with Crippen molar-refractivity contribution in [1.82, 2.24) is 4.57 Å². The van der Waals surface area contributed by atoms with E-state index in [1.54, 1.807) is 21.0 Å². The lowest BCUT2D eigenvalue weighted by Crippen LogP contribution is -2.25. The minimum absolute atomic E-state index is 0.0658. The summed E-state index contributed by atoms with van der Waals surface area (Å²) in [6, 6.07) is 27.9. The number of ether oxygens (including phenoxy) is 1. The maximum atomic E-state index is 11.7. The summed E-state index contributed by atoms with van der Waals surface area (Å²) in [5, 5.41) is 2.82. The summed E-state index contributed by atoms with van der Waals surface area (Å²) < 4.78 is 7.25. The molecule has 284 valence electrons. The maximum absolute atomic E-state index is 11.7. The van der Waals surface area contributed by atoms with Crippen LogP contribution >= 0.6 is 11.6 Å². The molecule has 5 aromatic rings. The number of halogens is 1. The highest BCUT2D eigenvalue weighted by Gasteiger charge is 2.13. The van der Waals surface area contributed by atoms with Crippen LogP contribution in [0.15, 0.2) is 96.1 Å². The number of methoxy groups -OCH3 is 1. The quantitative estimate of drug-likeness (QED) is 0.0944. The third-order valence-electron chi connectivity index (χ3n) is 8.63. The number of hydrogen-bond donors (Lipinski definition) is 0. The largest absolute Gasteiger partial charge is 0.495 e. The second kappa shape index (κ2) is 23.1. The van der Waals surface area contributed by atoms with Crippen molar-refractivity contribution in [1.29, 1.82) is 0 Å². The Morgan fingerprint density at radius 1 is 0.811 bits per heavy atom. The minimum atomic E-state index is 0.0658. The Morgan fingerprint density at radius 2 is 1.43 bits per heavy atom. The molecule has 0 saturated carbocycles. The average Bonchev–Trinajstić information content (AvgIpc) is 3.50. The van der Waals surface area contributed by atoms with Gasteiger partial charge in [-0.1, -0.05) is 113 Å². The summed E-state index contributed by atoms with van der Waals surface area (Å²) in [5.74, 6) is 1.10. The number of ketones is 2. The van der Waals surface area contributed by atoms with Crippen LogP contribution in [0.3, 0.4) is 0 Å². The first-order valence-corrected chi connectivity index (χ1v) is 19.2. The van der Waals surface area contributed by atoms with E-state index in [0.29, 0.717) is 5.56 Å². The molecule has 0 saturated heterocycles. The topological polar surface area (TPSA) is 63.9 Å². The number of benzene rings is 4. The molecule has 0 N–H and O–H groups in total. The van der Waals surface area contributed by atoms with E-state index >= 15 is 0 Å². The van der Waals surface area contributed by atoms with E-state index in [2.05, 4.69) is 61.9 Å². The molecule has 4 aromatic carbocycles. The fraction of sp³-hybridized carbons (Fsp3) is 0.370. The highest BCUT2D eigenvalue weighted by atomic mass is 35.5. The number of para-hydroxylation sites is 2. The zero-order valence-electron chi connectivity index (χ0n) is 33.8. The highest BCUT2D eigenvalue weighted by molar-refractivity contribution is 6.34. The monoisotopic (exact) mass is 737 g/mol. The molecule has 1 heterocycles. The molecule has 0 fully saturated rings. The van der Waals surface area contributed by atoms with Gasteiger partial charge in [-0.05, 0) is 74.1 Å². The Morgan fingerprint density at radius 3 is 1.96 bits per heavy atom. The minimum Gasteiger partial charge on any atom is -0.495 e. The molecular weight excluding hydrogens is 678 g/mol. The van der Waals surface area contributed by atoms with E-state index < -0.39 is 0 Å². The summed E-state index contributed by atoms with van der Waals surface area (Å²) in [4.78, 5) is 29.8. The van der Waals surface area contributed by atoms with Gasteiger partial charge < -0.3 is 14.2 Å². The Balaban J connectivity index is 0.000000279.